The fraction of sp³-hybridized carbons (Fsp3) is 0.143. The van der Waals surface area contributed by atoms with E-state index >= 15 is 0 Å². The Labute approximate surface area is 115 Å². The standard InChI is InChI=1S/C14H13N5O/c1-8-6-16-12(17-7-8)13-18-14(20-19-13)10-5-3-4-9(2)11(10)15/h3-7H,15H2,1-2H3. The minimum absolute atomic E-state index is 0.348. The molecule has 6 nitrogen and oxygen atoms in total. The number of rotatable bonds is 2. The van der Waals surface area contributed by atoms with Crippen molar-refractivity contribution in [2.24, 2.45) is 0 Å². The minimum atomic E-state index is 0.348. The van der Waals surface area contributed by atoms with Gasteiger partial charge >= 0.3 is 0 Å². The second kappa shape index (κ2) is 4.73. The van der Waals surface area contributed by atoms with Crippen molar-refractivity contribution < 1.29 is 4.52 Å². The van der Waals surface area contributed by atoms with Crippen LogP contribution in [0.5, 0.6) is 0 Å². The van der Waals surface area contributed by atoms with E-state index in [-0.39, 0.29) is 0 Å². The van der Waals surface area contributed by atoms with Gasteiger partial charge in [0.15, 0.2) is 0 Å². The summed E-state index contributed by atoms with van der Waals surface area (Å²) in [6, 6.07) is 5.67. The highest BCUT2D eigenvalue weighted by Gasteiger charge is 2.15. The molecular formula is C14H13N5O. The van der Waals surface area contributed by atoms with E-state index in [1.54, 1.807) is 12.4 Å². The van der Waals surface area contributed by atoms with Crippen molar-refractivity contribution in [2.75, 3.05) is 5.73 Å². The van der Waals surface area contributed by atoms with Crippen LogP contribution >= 0.6 is 0 Å². The van der Waals surface area contributed by atoms with Crippen molar-refractivity contribution in [3.63, 3.8) is 0 Å². The van der Waals surface area contributed by atoms with Gasteiger partial charge in [0.1, 0.15) is 0 Å². The second-order valence-corrected chi connectivity index (χ2v) is 4.54. The van der Waals surface area contributed by atoms with Gasteiger partial charge in [-0.2, -0.15) is 4.98 Å². The zero-order valence-corrected chi connectivity index (χ0v) is 11.2. The Morgan fingerprint density at radius 3 is 2.55 bits per heavy atom. The third-order valence-electron chi connectivity index (χ3n) is 2.96. The first kappa shape index (κ1) is 12.3. The highest BCUT2D eigenvalue weighted by Crippen LogP contribution is 2.27. The summed E-state index contributed by atoms with van der Waals surface area (Å²) in [5.74, 6) is 1.14. The molecule has 3 rings (SSSR count). The fourth-order valence-electron chi connectivity index (χ4n) is 1.80. The zero-order valence-electron chi connectivity index (χ0n) is 11.2. The van der Waals surface area contributed by atoms with Crippen LogP contribution in [0, 0.1) is 13.8 Å². The molecule has 0 aliphatic rings. The number of anilines is 1. The number of aryl methyl sites for hydroxylation is 2. The van der Waals surface area contributed by atoms with Crippen LogP contribution in [-0.4, -0.2) is 20.1 Å². The molecule has 2 heterocycles. The van der Waals surface area contributed by atoms with Crippen LogP contribution in [0.15, 0.2) is 35.1 Å². The monoisotopic (exact) mass is 267 g/mol. The summed E-state index contributed by atoms with van der Waals surface area (Å²) in [5.41, 5.74) is 9.31. The molecule has 0 spiro atoms. The van der Waals surface area contributed by atoms with E-state index in [9.17, 15) is 0 Å². The van der Waals surface area contributed by atoms with E-state index in [1.165, 1.54) is 0 Å². The molecule has 0 saturated carbocycles. The van der Waals surface area contributed by atoms with E-state index in [0.29, 0.717) is 23.2 Å². The number of benzene rings is 1. The lowest BCUT2D eigenvalue weighted by atomic mass is 10.1. The summed E-state index contributed by atoms with van der Waals surface area (Å²) in [6.07, 6.45) is 3.42. The molecule has 0 aliphatic carbocycles. The Morgan fingerprint density at radius 2 is 1.80 bits per heavy atom. The second-order valence-electron chi connectivity index (χ2n) is 4.54. The molecule has 20 heavy (non-hydrogen) atoms. The molecule has 2 N–H and O–H groups in total. The number of nitrogens with two attached hydrogens (primary N) is 1. The molecular weight excluding hydrogens is 254 g/mol. The summed E-state index contributed by atoms with van der Waals surface area (Å²) in [7, 11) is 0. The van der Waals surface area contributed by atoms with Gasteiger partial charge in [0.25, 0.3) is 5.89 Å². The lowest BCUT2D eigenvalue weighted by molar-refractivity contribution is 0.432. The van der Waals surface area contributed by atoms with Crippen molar-refractivity contribution in [1.82, 2.24) is 20.1 Å². The maximum atomic E-state index is 6.02. The highest BCUT2D eigenvalue weighted by molar-refractivity contribution is 5.73. The molecule has 0 radical (unpaired) electrons. The summed E-state index contributed by atoms with van der Waals surface area (Å²) >= 11 is 0. The Hall–Kier alpha value is -2.76. The van der Waals surface area contributed by atoms with Gasteiger partial charge in [-0.3, -0.25) is 0 Å². The molecule has 100 valence electrons. The Bertz CT molecular complexity index is 749. The Morgan fingerprint density at radius 1 is 1.05 bits per heavy atom. The van der Waals surface area contributed by atoms with E-state index < -0.39 is 0 Å². The summed E-state index contributed by atoms with van der Waals surface area (Å²) in [5, 5.41) is 3.90. The van der Waals surface area contributed by atoms with Gasteiger partial charge in [0.05, 0.1) is 5.56 Å². The third-order valence-corrected chi connectivity index (χ3v) is 2.96. The number of para-hydroxylation sites is 1. The molecule has 3 aromatic rings. The largest absolute Gasteiger partial charge is 0.398 e. The number of nitrogen functional groups attached to an aromatic ring is 1. The quantitative estimate of drug-likeness (QED) is 0.717. The molecule has 0 atom stereocenters. The SMILES string of the molecule is Cc1cnc(-c2noc(-c3cccc(C)c3N)n2)nc1. The van der Waals surface area contributed by atoms with Crippen molar-refractivity contribution in [3.8, 4) is 23.1 Å². The average Bonchev–Trinajstić information content (AvgIpc) is 2.92. The topological polar surface area (TPSA) is 90.7 Å². The van der Waals surface area contributed by atoms with Gasteiger partial charge in [-0.25, -0.2) is 9.97 Å². The molecule has 0 aliphatic heterocycles. The van der Waals surface area contributed by atoms with Crippen LogP contribution in [-0.2, 0) is 0 Å². The molecule has 6 heteroatoms. The van der Waals surface area contributed by atoms with Crippen molar-refractivity contribution in [1.29, 1.82) is 0 Å². The van der Waals surface area contributed by atoms with Gasteiger partial charge in [-0.15, -0.1) is 0 Å². The van der Waals surface area contributed by atoms with E-state index in [4.69, 9.17) is 10.3 Å². The Balaban J connectivity index is 2.02. The van der Waals surface area contributed by atoms with Gasteiger partial charge in [-0.1, -0.05) is 17.3 Å². The van der Waals surface area contributed by atoms with Gasteiger partial charge < -0.3 is 10.3 Å². The normalized spacial score (nSPS) is 10.7. The van der Waals surface area contributed by atoms with Crippen molar-refractivity contribution >= 4 is 5.69 Å². The van der Waals surface area contributed by atoms with Gasteiger partial charge in [0.2, 0.25) is 11.6 Å². The highest BCUT2D eigenvalue weighted by atomic mass is 16.5. The summed E-state index contributed by atoms with van der Waals surface area (Å²) in [4.78, 5) is 12.6. The first-order valence-electron chi connectivity index (χ1n) is 6.13. The molecule has 0 bridgehead atoms. The first-order valence-corrected chi connectivity index (χ1v) is 6.13. The van der Waals surface area contributed by atoms with Crippen LogP contribution < -0.4 is 5.73 Å². The summed E-state index contributed by atoms with van der Waals surface area (Å²) < 4.78 is 5.25. The minimum Gasteiger partial charge on any atom is -0.398 e. The van der Waals surface area contributed by atoms with Crippen molar-refractivity contribution in [3.05, 3.63) is 41.7 Å². The first-order chi connectivity index (χ1) is 9.65. The van der Waals surface area contributed by atoms with Crippen LogP contribution in [0.1, 0.15) is 11.1 Å². The average molecular weight is 267 g/mol. The molecule has 2 aromatic heterocycles. The maximum Gasteiger partial charge on any atom is 0.260 e. The smallest absolute Gasteiger partial charge is 0.260 e. The van der Waals surface area contributed by atoms with Gasteiger partial charge in [0, 0.05) is 18.1 Å². The van der Waals surface area contributed by atoms with Crippen LogP contribution in [0.3, 0.4) is 0 Å². The third kappa shape index (κ3) is 2.11. The zero-order chi connectivity index (χ0) is 14.1. The fourth-order valence-corrected chi connectivity index (χ4v) is 1.80. The number of hydrogen-bond acceptors (Lipinski definition) is 6. The van der Waals surface area contributed by atoms with E-state index in [2.05, 4.69) is 20.1 Å². The van der Waals surface area contributed by atoms with E-state index in [0.717, 1.165) is 16.7 Å². The van der Waals surface area contributed by atoms with Crippen LogP contribution in [0.2, 0.25) is 0 Å². The van der Waals surface area contributed by atoms with Gasteiger partial charge in [-0.05, 0) is 31.0 Å². The lowest BCUT2D eigenvalue weighted by Gasteiger charge is -2.02. The number of nitrogens with zero attached hydrogens (tertiary/aromatic N) is 4. The lowest BCUT2D eigenvalue weighted by Crippen LogP contribution is -1.94. The molecule has 0 amide bonds. The molecule has 0 fully saturated rings. The molecule has 0 unspecified atom stereocenters. The molecule has 1 aromatic carbocycles. The van der Waals surface area contributed by atoms with Crippen LogP contribution in [0.25, 0.3) is 23.1 Å². The predicted molar refractivity (Wildman–Crippen MR) is 74.6 cm³/mol. The van der Waals surface area contributed by atoms with Crippen LogP contribution in [0.4, 0.5) is 5.69 Å². The Kier molecular flexibility index (Phi) is 2.90. The maximum absolute atomic E-state index is 6.02. The molecule has 0 saturated heterocycles. The number of aromatic nitrogens is 4. The van der Waals surface area contributed by atoms with E-state index in [1.807, 2.05) is 32.0 Å². The predicted octanol–water partition coefficient (Wildman–Crippen LogP) is 2.39. The number of hydrogen-bond donors (Lipinski definition) is 1. The summed E-state index contributed by atoms with van der Waals surface area (Å²) in [6.45, 7) is 3.85. The van der Waals surface area contributed by atoms with Crippen molar-refractivity contribution in [2.45, 2.75) is 13.8 Å².